The molecule has 0 aromatic heterocycles. The van der Waals surface area contributed by atoms with Gasteiger partial charge in [0.1, 0.15) is 0 Å². The maximum Gasteiger partial charge on any atom is 0.328 e. The van der Waals surface area contributed by atoms with E-state index in [2.05, 4.69) is 0 Å². The van der Waals surface area contributed by atoms with Crippen LogP contribution >= 0.6 is 0 Å². The van der Waals surface area contributed by atoms with Crippen LogP contribution in [-0.4, -0.2) is 22.2 Å². The summed E-state index contributed by atoms with van der Waals surface area (Å²) in [6.07, 6.45) is 3.96. The van der Waals surface area contributed by atoms with Gasteiger partial charge < -0.3 is 10.2 Å². The van der Waals surface area contributed by atoms with Crippen LogP contribution in [-0.2, 0) is 43.7 Å². The smallest absolute Gasteiger partial charge is 0.328 e. The average molecular weight is 269 g/mol. The molecule has 2 radical (unpaired) electrons. The minimum absolute atomic E-state index is 0. The monoisotopic (exact) mass is 268 g/mol. The minimum Gasteiger partial charge on any atom is -0.478 e. The van der Waals surface area contributed by atoms with Gasteiger partial charge in [-0.1, -0.05) is 12.2 Å². The van der Waals surface area contributed by atoms with Gasteiger partial charge in [-0.25, -0.2) is 9.59 Å². The fourth-order valence-electron chi connectivity index (χ4n) is 0.276. The fraction of sp³-hybridized carbons (Fsp3) is 0. The maximum atomic E-state index is 9.78. The topological polar surface area (TPSA) is 74.6 Å². The summed E-state index contributed by atoms with van der Waals surface area (Å²) in [4.78, 5) is 19.6. The predicted octanol–water partition coefficient (Wildman–Crippen LogP) is 0.263. The molecule has 0 spiro atoms. The van der Waals surface area contributed by atoms with Crippen molar-refractivity contribution in [2.45, 2.75) is 0 Å². The van der Waals surface area contributed by atoms with Crippen molar-refractivity contribution in [3.8, 4) is 0 Å². The summed E-state index contributed by atoms with van der Waals surface area (Å²) in [5.41, 5.74) is 0. The summed E-state index contributed by atoms with van der Waals surface area (Å²) in [6.45, 7) is 0. The Kier molecular flexibility index (Phi) is 15.3. The van der Waals surface area contributed by atoms with Gasteiger partial charge in [0.05, 0.1) is 0 Å². The van der Waals surface area contributed by atoms with Gasteiger partial charge in [-0.15, -0.1) is 0 Å². The largest absolute Gasteiger partial charge is 0.478 e. The summed E-state index contributed by atoms with van der Waals surface area (Å²) >= 11 is 0. The number of rotatable bonds is 3. The van der Waals surface area contributed by atoms with E-state index in [1.807, 2.05) is 0 Å². The molecule has 0 atom stereocenters. The van der Waals surface area contributed by atoms with Crippen LogP contribution in [0.1, 0.15) is 0 Å². The molecule has 0 aromatic rings. The van der Waals surface area contributed by atoms with Crippen LogP contribution in [0.2, 0.25) is 0 Å². The number of carboxylic acid groups (broad SMARTS) is 2. The van der Waals surface area contributed by atoms with Crippen LogP contribution in [0.15, 0.2) is 24.3 Å². The second-order valence-electron chi connectivity index (χ2n) is 1.39. The third kappa shape index (κ3) is 16.2. The quantitative estimate of drug-likeness (QED) is 0.438. The summed E-state index contributed by atoms with van der Waals surface area (Å²) in [5.74, 6) is -2.20. The van der Waals surface area contributed by atoms with Crippen LogP contribution < -0.4 is 0 Å². The maximum absolute atomic E-state index is 9.78. The molecule has 0 aliphatic heterocycles. The zero-order chi connectivity index (χ0) is 7.98. The Morgan fingerprint density at radius 2 is 1.08 bits per heavy atom. The van der Waals surface area contributed by atoms with Crippen LogP contribution in [0.5, 0.6) is 0 Å². The molecular formula is C6H6Cu2O4. The van der Waals surface area contributed by atoms with E-state index in [1.165, 1.54) is 0 Å². The van der Waals surface area contributed by atoms with E-state index >= 15 is 0 Å². The third-order valence-corrected chi connectivity index (χ3v) is 0.589. The van der Waals surface area contributed by atoms with Gasteiger partial charge in [-0.2, -0.15) is 0 Å². The molecule has 2 N–H and O–H groups in total. The molecule has 0 rings (SSSR count). The van der Waals surface area contributed by atoms with E-state index in [0.29, 0.717) is 0 Å². The van der Waals surface area contributed by atoms with E-state index in [1.54, 1.807) is 0 Å². The first-order valence-electron chi connectivity index (χ1n) is 2.43. The van der Waals surface area contributed by atoms with E-state index in [0.717, 1.165) is 24.3 Å². The second kappa shape index (κ2) is 10.5. The van der Waals surface area contributed by atoms with Gasteiger partial charge in [0.15, 0.2) is 0 Å². The summed E-state index contributed by atoms with van der Waals surface area (Å²) in [6, 6.07) is 0. The standard InChI is InChI=1S/C6H6O4.2Cu/c7-5(8)3-1-2-4-6(9)10;;/h1-4H,(H,7,8)(H,9,10);;/b3-1+,4-2+;;. The van der Waals surface area contributed by atoms with Crippen molar-refractivity contribution in [3.63, 3.8) is 0 Å². The molecule has 0 aromatic carbocycles. The Morgan fingerprint density at radius 3 is 1.25 bits per heavy atom. The van der Waals surface area contributed by atoms with Gasteiger partial charge in [0, 0.05) is 46.3 Å². The van der Waals surface area contributed by atoms with Gasteiger partial charge >= 0.3 is 11.9 Å². The number of carboxylic acids is 2. The zero-order valence-electron chi connectivity index (χ0n) is 5.62. The first kappa shape index (κ1) is 17.5. The van der Waals surface area contributed by atoms with Gasteiger partial charge in [-0.05, 0) is 0 Å². The number of carbonyl (C=O) groups is 2. The van der Waals surface area contributed by atoms with Crippen LogP contribution in [0.4, 0.5) is 0 Å². The molecule has 0 aliphatic rings. The first-order chi connectivity index (χ1) is 4.63. The first-order valence-corrected chi connectivity index (χ1v) is 2.43. The van der Waals surface area contributed by atoms with E-state index in [4.69, 9.17) is 10.2 Å². The van der Waals surface area contributed by atoms with Crippen molar-refractivity contribution >= 4 is 11.9 Å². The Labute approximate surface area is 90.3 Å². The summed E-state index contributed by atoms with van der Waals surface area (Å²) < 4.78 is 0. The van der Waals surface area contributed by atoms with E-state index < -0.39 is 11.9 Å². The number of aliphatic carboxylic acids is 2. The number of hydrogen-bond acceptors (Lipinski definition) is 2. The van der Waals surface area contributed by atoms with Crippen molar-refractivity contribution in [1.29, 1.82) is 0 Å². The zero-order valence-corrected chi connectivity index (χ0v) is 7.51. The molecule has 0 heterocycles. The molecule has 12 heavy (non-hydrogen) atoms. The Bertz CT molecular complexity index is 176. The van der Waals surface area contributed by atoms with Gasteiger partial charge in [0.2, 0.25) is 0 Å². The van der Waals surface area contributed by atoms with Crippen LogP contribution in [0.25, 0.3) is 0 Å². The number of allylic oxidation sites excluding steroid dienone is 2. The second-order valence-corrected chi connectivity index (χ2v) is 1.39. The fourth-order valence-corrected chi connectivity index (χ4v) is 0.276. The molecule has 76 valence electrons. The molecular weight excluding hydrogens is 263 g/mol. The molecule has 0 aliphatic carbocycles. The Balaban J connectivity index is -0.000000405. The van der Waals surface area contributed by atoms with Crippen molar-refractivity contribution in [3.05, 3.63) is 24.3 Å². The molecule has 0 saturated carbocycles. The normalized spacial score (nSPS) is 9.00. The Morgan fingerprint density at radius 1 is 0.833 bits per heavy atom. The van der Waals surface area contributed by atoms with Crippen molar-refractivity contribution in [2.24, 2.45) is 0 Å². The average Bonchev–Trinajstić information content (AvgIpc) is 1.79. The molecule has 0 amide bonds. The summed E-state index contributed by atoms with van der Waals surface area (Å²) in [5, 5.41) is 16.0. The number of hydrogen-bond donors (Lipinski definition) is 2. The van der Waals surface area contributed by atoms with Gasteiger partial charge in [-0.3, -0.25) is 0 Å². The molecule has 0 unspecified atom stereocenters. The van der Waals surface area contributed by atoms with Crippen molar-refractivity contribution < 1.29 is 53.9 Å². The molecule has 0 saturated heterocycles. The van der Waals surface area contributed by atoms with Crippen LogP contribution in [0.3, 0.4) is 0 Å². The van der Waals surface area contributed by atoms with Crippen molar-refractivity contribution in [2.75, 3.05) is 0 Å². The molecule has 0 bridgehead atoms. The molecule has 4 nitrogen and oxygen atoms in total. The van der Waals surface area contributed by atoms with E-state index in [9.17, 15) is 9.59 Å². The molecule has 0 fully saturated rings. The third-order valence-electron chi connectivity index (χ3n) is 0.589. The SMILES string of the molecule is O=C(O)/C=C/C=C/C(=O)O.[Cu].[Cu]. The molecule has 6 heteroatoms. The van der Waals surface area contributed by atoms with E-state index in [-0.39, 0.29) is 34.1 Å². The van der Waals surface area contributed by atoms with Crippen LogP contribution in [0, 0.1) is 0 Å². The Hall–Kier alpha value is -0.541. The van der Waals surface area contributed by atoms with Gasteiger partial charge in [0.25, 0.3) is 0 Å². The predicted molar refractivity (Wildman–Crippen MR) is 33.6 cm³/mol. The summed E-state index contributed by atoms with van der Waals surface area (Å²) in [7, 11) is 0. The minimum atomic E-state index is -1.10. The van der Waals surface area contributed by atoms with Crippen molar-refractivity contribution in [1.82, 2.24) is 0 Å².